The molecule has 20 heavy (non-hydrogen) atoms. The molecule has 0 bridgehead atoms. The number of aromatic amines is 1. The van der Waals surface area contributed by atoms with Crippen molar-refractivity contribution in [1.29, 1.82) is 0 Å². The molecule has 0 aliphatic rings. The number of hydrogen-bond acceptors (Lipinski definition) is 2. The minimum absolute atomic E-state index is 0.00476. The Kier molecular flexibility index (Phi) is 4.79. The first-order valence-corrected chi connectivity index (χ1v) is 7.25. The third kappa shape index (κ3) is 3.20. The summed E-state index contributed by atoms with van der Waals surface area (Å²) in [7, 11) is 0. The van der Waals surface area contributed by atoms with E-state index in [1.807, 2.05) is 37.4 Å². The highest BCUT2D eigenvalue weighted by molar-refractivity contribution is 6.06. The number of likely N-dealkylation sites (N-methyl/N-ethyl adjacent to an activating group) is 1. The van der Waals surface area contributed by atoms with Crippen molar-refractivity contribution in [3.8, 4) is 0 Å². The molecule has 1 aromatic heterocycles. The third-order valence-electron chi connectivity index (χ3n) is 3.64. The molecule has 0 radical (unpaired) electrons. The maximum atomic E-state index is 12.4. The van der Waals surface area contributed by atoms with E-state index in [4.69, 9.17) is 0 Å². The molecule has 1 atom stereocenters. The molecule has 4 nitrogen and oxygen atoms in total. The highest BCUT2D eigenvalue weighted by atomic mass is 16.1. The molecule has 1 heterocycles. The van der Waals surface area contributed by atoms with E-state index in [0.717, 1.165) is 36.1 Å². The quantitative estimate of drug-likeness (QED) is 0.850. The zero-order valence-corrected chi connectivity index (χ0v) is 12.4. The van der Waals surface area contributed by atoms with E-state index < -0.39 is 0 Å². The first-order chi connectivity index (χ1) is 9.65. The Balaban J connectivity index is 2.06. The van der Waals surface area contributed by atoms with Gasteiger partial charge in [-0.25, -0.2) is 0 Å². The Morgan fingerprint density at radius 2 is 2.05 bits per heavy atom. The summed E-state index contributed by atoms with van der Waals surface area (Å²) in [6.07, 6.45) is 1.86. The summed E-state index contributed by atoms with van der Waals surface area (Å²) in [5.41, 5.74) is 1.73. The van der Waals surface area contributed by atoms with Gasteiger partial charge in [-0.15, -0.1) is 0 Å². The number of rotatable bonds is 6. The van der Waals surface area contributed by atoms with Gasteiger partial charge >= 0.3 is 0 Å². The maximum absolute atomic E-state index is 12.4. The van der Waals surface area contributed by atoms with Gasteiger partial charge in [0.25, 0.3) is 5.91 Å². The van der Waals surface area contributed by atoms with Crippen molar-refractivity contribution in [3.05, 3.63) is 36.0 Å². The zero-order valence-electron chi connectivity index (χ0n) is 12.4. The lowest BCUT2D eigenvalue weighted by Gasteiger charge is -2.23. The molecule has 2 rings (SSSR count). The van der Waals surface area contributed by atoms with Crippen LogP contribution in [0.1, 0.15) is 31.1 Å². The number of carbonyl (C=O) groups is 1. The van der Waals surface area contributed by atoms with Crippen LogP contribution < -0.4 is 5.32 Å². The topological polar surface area (TPSA) is 48.1 Å². The van der Waals surface area contributed by atoms with Crippen molar-refractivity contribution in [2.24, 2.45) is 0 Å². The molecule has 4 heteroatoms. The fourth-order valence-electron chi connectivity index (χ4n) is 2.50. The van der Waals surface area contributed by atoms with E-state index in [-0.39, 0.29) is 11.9 Å². The molecular weight excluding hydrogens is 250 g/mol. The molecule has 0 aliphatic carbocycles. The SMILES string of the molecule is CCN(CC)CC(C)NC(=O)c1cccc2[nH]ccc12. The molecule has 108 valence electrons. The molecule has 0 saturated carbocycles. The van der Waals surface area contributed by atoms with Crippen molar-refractivity contribution in [1.82, 2.24) is 15.2 Å². The molecule has 1 aromatic carbocycles. The van der Waals surface area contributed by atoms with Crippen molar-refractivity contribution in [2.45, 2.75) is 26.8 Å². The fraction of sp³-hybridized carbons (Fsp3) is 0.438. The second kappa shape index (κ2) is 6.57. The highest BCUT2D eigenvalue weighted by Crippen LogP contribution is 2.17. The second-order valence-corrected chi connectivity index (χ2v) is 5.10. The van der Waals surface area contributed by atoms with E-state index in [2.05, 4.69) is 29.0 Å². The maximum Gasteiger partial charge on any atom is 0.252 e. The van der Waals surface area contributed by atoms with Gasteiger partial charge in [0.15, 0.2) is 0 Å². The lowest BCUT2D eigenvalue weighted by Crippen LogP contribution is -2.41. The van der Waals surface area contributed by atoms with Crippen molar-refractivity contribution < 1.29 is 4.79 Å². The van der Waals surface area contributed by atoms with E-state index in [0.29, 0.717) is 0 Å². The number of H-pyrrole nitrogens is 1. The Morgan fingerprint density at radius 3 is 2.75 bits per heavy atom. The Bertz CT molecular complexity index is 572. The van der Waals surface area contributed by atoms with E-state index in [1.165, 1.54) is 0 Å². The largest absolute Gasteiger partial charge is 0.361 e. The predicted molar refractivity (Wildman–Crippen MR) is 83.0 cm³/mol. The Hall–Kier alpha value is -1.81. The van der Waals surface area contributed by atoms with Crippen molar-refractivity contribution in [2.75, 3.05) is 19.6 Å². The van der Waals surface area contributed by atoms with E-state index in [1.54, 1.807) is 0 Å². The number of amides is 1. The molecule has 0 fully saturated rings. The molecule has 2 aromatic rings. The first-order valence-electron chi connectivity index (χ1n) is 7.25. The Labute approximate surface area is 120 Å². The molecule has 1 amide bonds. The predicted octanol–water partition coefficient (Wildman–Crippen LogP) is 2.63. The first kappa shape index (κ1) is 14.6. The van der Waals surface area contributed by atoms with Gasteiger partial charge in [0, 0.05) is 35.2 Å². The molecule has 0 spiro atoms. The zero-order chi connectivity index (χ0) is 14.5. The smallest absolute Gasteiger partial charge is 0.252 e. The van der Waals surface area contributed by atoms with Crippen LogP contribution in [0.15, 0.2) is 30.5 Å². The van der Waals surface area contributed by atoms with Crippen LogP contribution in [0.5, 0.6) is 0 Å². The molecule has 0 aliphatic heterocycles. The van der Waals surface area contributed by atoms with Gasteiger partial charge in [0.1, 0.15) is 0 Å². The molecule has 1 unspecified atom stereocenters. The number of hydrogen-bond donors (Lipinski definition) is 2. The number of benzene rings is 1. The number of fused-ring (bicyclic) bond motifs is 1. The van der Waals surface area contributed by atoms with Gasteiger partial charge < -0.3 is 15.2 Å². The summed E-state index contributed by atoms with van der Waals surface area (Å²) in [5.74, 6) is -0.00476. The number of aromatic nitrogens is 1. The minimum atomic E-state index is -0.00476. The normalized spacial score (nSPS) is 12.8. The van der Waals surface area contributed by atoms with Crippen LogP contribution in [0.25, 0.3) is 10.9 Å². The average Bonchev–Trinajstić information content (AvgIpc) is 2.92. The van der Waals surface area contributed by atoms with Crippen LogP contribution in [0.3, 0.4) is 0 Å². The second-order valence-electron chi connectivity index (χ2n) is 5.10. The van der Waals surface area contributed by atoms with Crippen LogP contribution in [0.4, 0.5) is 0 Å². The van der Waals surface area contributed by atoms with Gasteiger partial charge in [-0.2, -0.15) is 0 Å². The van der Waals surface area contributed by atoms with Crippen molar-refractivity contribution in [3.63, 3.8) is 0 Å². The lowest BCUT2D eigenvalue weighted by atomic mass is 10.1. The standard InChI is InChI=1S/C16H23N3O/c1-4-19(5-2)11-12(3)18-16(20)14-7-6-8-15-13(14)9-10-17-15/h6-10,12,17H,4-5,11H2,1-3H3,(H,18,20). The van der Waals surface area contributed by atoms with Crippen LogP contribution in [-0.2, 0) is 0 Å². The summed E-state index contributed by atoms with van der Waals surface area (Å²) in [4.78, 5) is 17.8. The highest BCUT2D eigenvalue weighted by Gasteiger charge is 2.14. The molecule has 0 saturated heterocycles. The van der Waals surface area contributed by atoms with E-state index >= 15 is 0 Å². The van der Waals surface area contributed by atoms with Gasteiger partial charge in [-0.3, -0.25) is 4.79 Å². The van der Waals surface area contributed by atoms with Crippen molar-refractivity contribution >= 4 is 16.8 Å². The van der Waals surface area contributed by atoms with Gasteiger partial charge in [-0.05, 0) is 38.2 Å². The summed E-state index contributed by atoms with van der Waals surface area (Å²) in [5, 5.41) is 4.05. The lowest BCUT2D eigenvalue weighted by molar-refractivity contribution is 0.0932. The summed E-state index contributed by atoms with van der Waals surface area (Å²) in [6.45, 7) is 9.21. The molecule has 2 N–H and O–H groups in total. The van der Waals surface area contributed by atoms with Gasteiger partial charge in [0.2, 0.25) is 0 Å². The number of nitrogens with one attached hydrogen (secondary N) is 2. The summed E-state index contributed by atoms with van der Waals surface area (Å²) >= 11 is 0. The van der Waals surface area contributed by atoms with Crippen LogP contribution in [-0.4, -0.2) is 41.5 Å². The molecular formula is C16H23N3O. The van der Waals surface area contributed by atoms with Crippen LogP contribution >= 0.6 is 0 Å². The van der Waals surface area contributed by atoms with Gasteiger partial charge in [0.05, 0.1) is 0 Å². The van der Waals surface area contributed by atoms with Crippen LogP contribution in [0.2, 0.25) is 0 Å². The summed E-state index contributed by atoms with van der Waals surface area (Å²) < 4.78 is 0. The Morgan fingerprint density at radius 1 is 1.30 bits per heavy atom. The fourth-order valence-corrected chi connectivity index (χ4v) is 2.50. The average molecular weight is 273 g/mol. The summed E-state index contributed by atoms with van der Waals surface area (Å²) in [6, 6.07) is 7.83. The number of carbonyl (C=O) groups excluding carboxylic acids is 1. The number of nitrogens with zero attached hydrogens (tertiary/aromatic N) is 1. The minimum Gasteiger partial charge on any atom is -0.361 e. The third-order valence-corrected chi connectivity index (χ3v) is 3.64. The monoisotopic (exact) mass is 273 g/mol. The van der Waals surface area contributed by atoms with Crippen LogP contribution in [0, 0.1) is 0 Å². The van der Waals surface area contributed by atoms with Gasteiger partial charge in [-0.1, -0.05) is 19.9 Å². The van der Waals surface area contributed by atoms with E-state index in [9.17, 15) is 4.79 Å².